The second-order valence-electron chi connectivity index (χ2n) is 6.41. The Kier molecular flexibility index (Phi) is 4.59. The van der Waals surface area contributed by atoms with E-state index in [1.165, 1.54) is 0 Å². The van der Waals surface area contributed by atoms with Crippen LogP contribution < -0.4 is 10.6 Å². The number of carbonyl (C=O) groups excluding carboxylic acids is 1. The number of rotatable bonds is 4. The fourth-order valence-electron chi connectivity index (χ4n) is 2.15. The van der Waals surface area contributed by atoms with Crippen LogP contribution in [0, 0.1) is 11.3 Å². The predicted octanol–water partition coefficient (Wildman–Crippen LogP) is 1.97. The highest BCUT2D eigenvalue weighted by Gasteiger charge is 2.31. The first-order chi connectivity index (χ1) is 8.18. The van der Waals surface area contributed by atoms with Crippen molar-refractivity contribution in [3.8, 4) is 0 Å². The van der Waals surface area contributed by atoms with Gasteiger partial charge in [0.1, 0.15) is 0 Å². The molecule has 5 heteroatoms. The Morgan fingerprint density at radius 2 is 1.89 bits per heavy atom. The number of urea groups is 1. The lowest BCUT2D eigenvalue weighted by atomic mass is 9.82. The zero-order valence-electron chi connectivity index (χ0n) is 11.6. The van der Waals surface area contributed by atoms with Crippen LogP contribution in [0.3, 0.4) is 0 Å². The van der Waals surface area contributed by atoms with Crippen molar-refractivity contribution in [1.29, 1.82) is 0 Å². The third-order valence-corrected chi connectivity index (χ3v) is 3.44. The van der Waals surface area contributed by atoms with Crippen LogP contribution in [0.25, 0.3) is 0 Å². The van der Waals surface area contributed by atoms with E-state index in [2.05, 4.69) is 17.6 Å². The molecule has 18 heavy (non-hydrogen) atoms. The number of carboxylic acid groups (broad SMARTS) is 1. The van der Waals surface area contributed by atoms with Crippen LogP contribution in [0.1, 0.15) is 47.0 Å². The number of amides is 2. The molecule has 1 aliphatic carbocycles. The number of aliphatic carboxylic acids is 1. The average Bonchev–Trinajstić information content (AvgIpc) is 2.12. The summed E-state index contributed by atoms with van der Waals surface area (Å²) in [5.41, 5.74) is -0.275. The molecule has 3 N–H and O–H groups in total. The van der Waals surface area contributed by atoms with E-state index in [1.54, 1.807) is 0 Å². The van der Waals surface area contributed by atoms with Gasteiger partial charge in [0.25, 0.3) is 0 Å². The maximum absolute atomic E-state index is 11.8. The predicted molar refractivity (Wildman–Crippen MR) is 69.3 cm³/mol. The molecular formula is C13H24N2O3. The molecule has 1 rings (SSSR count). The van der Waals surface area contributed by atoms with Crippen molar-refractivity contribution in [3.63, 3.8) is 0 Å². The summed E-state index contributed by atoms with van der Waals surface area (Å²) in [6, 6.07) is -0.383. The maximum atomic E-state index is 11.8. The van der Waals surface area contributed by atoms with Crippen molar-refractivity contribution in [2.75, 3.05) is 0 Å². The summed E-state index contributed by atoms with van der Waals surface area (Å²) in [6.45, 7) is 7.92. The molecule has 0 saturated heterocycles. The van der Waals surface area contributed by atoms with Gasteiger partial charge in [-0.05, 0) is 24.2 Å². The van der Waals surface area contributed by atoms with Crippen LogP contribution in [0.2, 0.25) is 0 Å². The molecule has 1 saturated carbocycles. The number of hydrogen-bond donors (Lipinski definition) is 3. The van der Waals surface area contributed by atoms with E-state index >= 15 is 0 Å². The summed E-state index contributed by atoms with van der Waals surface area (Å²) in [5, 5.41) is 14.5. The molecule has 1 fully saturated rings. The van der Waals surface area contributed by atoms with Gasteiger partial charge in [0.05, 0.1) is 6.42 Å². The maximum Gasteiger partial charge on any atom is 0.315 e. The van der Waals surface area contributed by atoms with Gasteiger partial charge >= 0.3 is 12.0 Å². The average molecular weight is 256 g/mol. The molecule has 0 heterocycles. The van der Waals surface area contributed by atoms with Crippen molar-refractivity contribution in [1.82, 2.24) is 10.6 Å². The summed E-state index contributed by atoms with van der Waals surface area (Å²) >= 11 is 0. The van der Waals surface area contributed by atoms with Gasteiger partial charge in [0, 0.05) is 12.1 Å². The molecule has 0 bridgehead atoms. The van der Waals surface area contributed by atoms with Gasteiger partial charge < -0.3 is 15.7 Å². The first-order valence-corrected chi connectivity index (χ1v) is 6.47. The number of nitrogens with one attached hydrogen (secondary N) is 2. The molecule has 1 unspecified atom stereocenters. The third kappa shape index (κ3) is 4.55. The molecule has 0 aromatic rings. The molecule has 0 aromatic heterocycles. The van der Waals surface area contributed by atoms with Crippen LogP contribution in [0.5, 0.6) is 0 Å². The lowest BCUT2D eigenvalue weighted by Gasteiger charge is -2.35. The molecule has 0 aromatic carbocycles. The van der Waals surface area contributed by atoms with Crippen molar-refractivity contribution in [2.24, 2.45) is 11.3 Å². The summed E-state index contributed by atoms with van der Waals surface area (Å²) in [5.74, 6) is -0.222. The zero-order chi connectivity index (χ0) is 13.9. The quantitative estimate of drug-likeness (QED) is 0.719. The molecule has 0 spiro atoms. The van der Waals surface area contributed by atoms with E-state index in [9.17, 15) is 9.59 Å². The Bertz CT molecular complexity index is 317. The highest BCUT2D eigenvalue weighted by Crippen LogP contribution is 2.26. The van der Waals surface area contributed by atoms with Crippen LogP contribution in [0.15, 0.2) is 0 Å². The minimum atomic E-state index is -0.896. The number of carboxylic acids is 1. The molecule has 0 radical (unpaired) electrons. The van der Waals surface area contributed by atoms with E-state index in [4.69, 9.17) is 5.11 Å². The second kappa shape index (κ2) is 5.59. The van der Waals surface area contributed by atoms with Crippen LogP contribution in [-0.2, 0) is 4.79 Å². The minimum Gasteiger partial charge on any atom is -0.481 e. The molecule has 1 atom stereocenters. The molecule has 104 valence electrons. The Labute approximate surface area is 108 Å². The van der Waals surface area contributed by atoms with Crippen molar-refractivity contribution in [3.05, 3.63) is 0 Å². The van der Waals surface area contributed by atoms with Gasteiger partial charge in [-0.2, -0.15) is 0 Å². The summed E-state index contributed by atoms with van der Waals surface area (Å²) in [7, 11) is 0. The minimum absolute atomic E-state index is 0.0576. The third-order valence-electron chi connectivity index (χ3n) is 3.44. The fourth-order valence-corrected chi connectivity index (χ4v) is 2.15. The largest absolute Gasteiger partial charge is 0.481 e. The molecule has 1 aliphatic rings. The van der Waals surface area contributed by atoms with Gasteiger partial charge in [-0.3, -0.25) is 4.79 Å². The second-order valence-corrected chi connectivity index (χ2v) is 6.41. The fraction of sp³-hybridized carbons (Fsp3) is 0.846. The molecular weight excluding hydrogens is 232 g/mol. The van der Waals surface area contributed by atoms with Crippen molar-refractivity contribution < 1.29 is 14.7 Å². The van der Waals surface area contributed by atoms with Crippen LogP contribution in [0.4, 0.5) is 4.79 Å². The summed E-state index contributed by atoms with van der Waals surface area (Å²) in [4.78, 5) is 22.6. The highest BCUT2D eigenvalue weighted by molar-refractivity contribution is 5.76. The molecule has 5 nitrogen and oxygen atoms in total. The van der Waals surface area contributed by atoms with Gasteiger partial charge in [0.15, 0.2) is 0 Å². The SMILES string of the molecule is CC1CC(NC(=O)NC(CC(=O)O)C(C)(C)C)C1. The summed E-state index contributed by atoms with van der Waals surface area (Å²) < 4.78 is 0. The first-order valence-electron chi connectivity index (χ1n) is 6.47. The first kappa shape index (κ1) is 14.8. The summed E-state index contributed by atoms with van der Waals surface area (Å²) in [6.07, 6.45) is 1.96. The van der Waals surface area contributed by atoms with E-state index in [0.29, 0.717) is 5.92 Å². The molecule has 0 aliphatic heterocycles. The zero-order valence-corrected chi connectivity index (χ0v) is 11.6. The van der Waals surface area contributed by atoms with Gasteiger partial charge in [-0.1, -0.05) is 27.7 Å². The Balaban J connectivity index is 2.44. The monoisotopic (exact) mass is 256 g/mol. The van der Waals surface area contributed by atoms with E-state index in [-0.39, 0.29) is 30.0 Å². The Morgan fingerprint density at radius 3 is 2.28 bits per heavy atom. The van der Waals surface area contributed by atoms with Crippen molar-refractivity contribution >= 4 is 12.0 Å². The van der Waals surface area contributed by atoms with E-state index in [0.717, 1.165) is 12.8 Å². The van der Waals surface area contributed by atoms with Crippen LogP contribution >= 0.6 is 0 Å². The smallest absolute Gasteiger partial charge is 0.315 e. The van der Waals surface area contributed by atoms with Crippen molar-refractivity contribution in [2.45, 2.75) is 59.0 Å². The van der Waals surface area contributed by atoms with Crippen LogP contribution in [-0.4, -0.2) is 29.2 Å². The highest BCUT2D eigenvalue weighted by atomic mass is 16.4. The Hall–Kier alpha value is -1.26. The van der Waals surface area contributed by atoms with E-state index in [1.807, 2.05) is 20.8 Å². The normalized spacial score (nSPS) is 24.9. The number of hydrogen-bond acceptors (Lipinski definition) is 2. The molecule has 2 amide bonds. The topological polar surface area (TPSA) is 78.4 Å². The standard InChI is InChI=1S/C13H24N2O3/c1-8-5-9(6-8)14-12(18)15-10(7-11(16)17)13(2,3)4/h8-10H,5-7H2,1-4H3,(H,16,17)(H2,14,15,18). The Morgan fingerprint density at radius 1 is 1.33 bits per heavy atom. The van der Waals surface area contributed by atoms with Gasteiger partial charge in [0.2, 0.25) is 0 Å². The van der Waals surface area contributed by atoms with Gasteiger partial charge in [-0.25, -0.2) is 4.79 Å². The number of carbonyl (C=O) groups is 2. The lowest BCUT2D eigenvalue weighted by Crippen LogP contribution is -2.53. The lowest BCUT2D eigenvalue weighted by molar-refractivity contribution is -0.138. The van der Waals surface area contributed by atoms with E-state index < -0.39 is 5.97 Å². The van der Waals surface area contributed by atoms with Gasteiger partial charge in [-0.15, -0.1) is 0 Å².